The summed E-state index contributed by atoms with van der Waals surface area (Å²) in [6.45, 7) is 4.41. The molecule has 0 aromatic heterocycles. The van der Waals surface area contributed by atoms with E-state index in [-0.39, 0.29) is 0 Å². The van der Waals surface area contributed by atoms with Crippen molar-refractivity contribution in [2.75, 3.05) is 19.8 Å². The van der Waals surface area contributed by atoms with Gasteiger partial charge in [0.25, 0.3) is 0 Å². The summed E-state index contributed by atoms with van der Waals surface area (Å²) in [6.07, 6.45) is 10.0. The first-order chi connectivity index (χ1) is 11.6. The van der Waals surface area contributed by atoms with Crippen LogP contribution in [0.2, 0.25) is 0 Å². The highest BCUT2D eigenvalue weighted by molar-refractivity contribution is 5.92. The van der Waals surface area contributed by atoms with Crippen LogP contribution in [0, 0.1) is 0 Å². The molecule has 24 heavy (non-hydrogen) atoms. The van der Waals surface area contributed by atoms with E-state index in [9.17, 15) is 14.4 Å². The van der Waals surface area contributed by atoms with Crippen LogP contribution in [0.25, 0.3) is 0 Å². The van der Waals surface area contributed by atoms with Crippen molar-refractivity contribution >= 4 is 17.9 Å². The maximum atomic E-state index is 11.4. The Morgan fingerprint density at radius 3 is 1.71 bits per heavy atom. The Hall–Kier alpha value is -1.85. The summed E-state index contributed by atoms with van der Waals surface area (Å²) >= 11 is 0. The van der Waals surface area contributed by atoms with Crippen molar-refractivity contribution in [2.45, 2.75) is 65.2 Å². The molecular weight excluding hydrogens is 312 g/mol. The van der Waals surface area contributed by atoms with Gasteiger partial charge in [0, 0.05) is 12.2 Å². The molecule has 0 rings (SSSR count). The Morgan fingerprint density at radius 2 is 1.17 bits per heavy atom. The van der Waals surface area contributed by atoms with Gasteiger partial charge in [-0.2, -0.15) is 0 Å². The average Bonchev–Trinajstić information content (AvgIpc) is 2.57. The topological polar surface area (TPSA) is 78.9 Å². The zero-order valence-corrected chi connectivity index (χ0v) is 14.9. The van der Waals surface area contributed by atoms with E-state index in [4.69, 9.17) is 9.47 Å². The van der Waals surface area contributed by atoms with Crippen molar-refractivity contribution in [3.05, 3.63) is 12.2 Å². The Morgan fingerprint density at radius 1 is 0.667 bits per heavy atom. The van der Waals surface area contributed by atoms with Crippen LogP contribution in [0.5, 0.6) is 0 Å². The highest BCUT2D eigenvalue weighted by Gasteiger charge is 2.07. The van der Waals surface area contributed by atoms with Crippen molar-refractivity contribution in [1.29, 1.82) is 0 Å². The van der Waals surface area contributed by atoms with E-state index in [1.807, 2.05) is 0 Å². The Kier molecular flexibility index (Phi) is 14.8. The van der Waals surface area contributed by atoms with Gasteiger partial charge in [0.05, 0.1) is 13.2 Å². The molecule has 0 unspecified atom stereocenters. The third kappa shape index (κ3) is 15.1. The minimum atomic E-state index is -0.777. The number of rotatable bonds is 14. The fraction of sp³-hybridized carbons (Fsp3) is 0.722. The van der Waals surface area contributed by atoms with E-state index in [2.05, 4.69) is 18.6 Å². The van der Waals surface area contributed by atoms with Crippen LogP contribution in [0.4, 0.5) is 0 Å². The van der Waals surface area contributed by atoms with E-state index >= 15 is 0 Å². The number of hydrogen-bond donors (Lipinski definition) is 0. The highest BCUT2D eigenvalue weighted by Crippen LogP contribution is 2.00. The predicted molar refractivity (Wildman–Crippen MR) is 90.3 cm³/mol. The van der Waals surface area contributed by atoms with E-state index in [1.165, 1.54) is 0 Å². The standard InChI is InChI=1S/C18H30O6/c1-3-5-7-9-13-22-16(19)11-12-17(20)24-15-18(21)23-14-10-8-6-4-2/h11-12H,3-10,13-15H2,1-2H3/b12-11+. The molecule has 0 aliphatic heterocycles. The van der Waals surface area contributed by atoms with Gasteiger partial charge < -0.3 is 14.2 Å². The van der Waals surface area contributed by atoms with Crippen LogP contribution < -0.4 is 0 Å². The van der Waals surface area contributed by atoms with Gasteiger partial charge in [-0.15, -0.1) is 0 Å². The smallest absolute Gasteiger partial charge is 0.344 e. The molecule has 0 heterocycles. The van der Waals surface area contributed by atoms with E-state index in [1.54, 1.807) is 0 Å². The number of carbonyl (C=O) groups is 3. The second kappa shape index (κ2) is 16.0. The summed E-state index contributed by atoms with van der Waals surface area (Å²) in [4.78, 5) is 34.0. The predicted octanol–water partition coefficient (Wildman–Crippen LogP) is 3.33. The summed E-state index contributed by atoms with van der Waals surface area (Å²) in [5.74, 6) is -1.96. The molecule has 6 nitrogen and oxygen atoms in total. The van der Waals surface area contributed by atoms with E-state index < -0.39 is 24.5 Å². The number of unbranched alkanes of at least 4 members (excludes halogenated alkanes) is 6. The van der Waals surface area contributed by atoms with Gasteiger partial charge >= 0.3 is 17.9 Å². The first-order valence-corrected chi connectivity index (χ1v) is 8.77. The largest absolute Gasteiger partial charge is 0.463 e. The van der Waals surface area contributed by atoms with Crippen LogP contribution in [-0.4, -0.2) is 37.7 Å². The van der Waals surface area contributed by atoms with Crippen molar-refractivity contribution in [1.82, 2.24) is 0 Å². The molecular formula is C18H30O6. The first-order valence-electron chi connectivity index (χ1n) is 8.77. The van der Waals surface area contributed by atoms with E-state index in [0.717, 1.165) is 63.5 Å². The van der Waals surface area contributed by atoms with Crippen molar-refractivity contribution in [3.63, 3.8) is 0 Å². The number of carbonyl (C=O) groups excluding carboxylic acids is 3. The highest BCUT2D eigenvalue weighted by atomic mass is 16.6. The molecule has 0 saturated carbocycles. The lowest BCUT2D eigenvalue weighted by Crippen LogP contribution is -2.16. The zero-order valence-electron chi connectivity index (χ0n) is 14.9. The van der Waals surface area contributed by atoms with Gasteiger partial charge in [-0.25, -0.2) is 14.4 Å². The summed E-state index contributed by atoms with van der Waals surface area (Å²) < 4.78 is 14.5. The molecule has 0 aromatic carbocycles. The number of esters is 3. The van der Waals surface area contributed by atoms with Crippen LogP contribution in [0.3, 0.4) is 0 Å². The molecule has 0 radical (unpaired) electrons. The second-order valence-corrected chi connectivity index (χ2v) is 5.45. The molecule has 0 amide bonds. The second-order valence-electron chi connectivity index (χ2n) is 5.45. The fourth-order valence-corrected chi connectivity index (χ4v) is 1.82. The molecule has 0 saturated heterocycles. The SMILES string of the molecule is CCCCCCOC(=O)/C=C/C(=O)OCC(=O)OCCCCCC. The van der Waals surface area contributed by atoms with E-state index in [0.29, 0.717) is 13.2 Å². The monoisotopic (exact) mass is 342 g/mol. The average molecular weight is 342 g/mol. The van der Waals surface area contributed by atoms with Gasteiger partial charge in [-0.05, 0) is 12.8 Å². The van der Waals surface area contributed by atoms with Crippen molar-refractivity contribution in [2.24, 2.45) is 0 Å². The lowest BCUT2D eigenvalue weighted by molar-refractivity contribution is -0.156. The molecule has 0 fully saturated rings. The molecule has 6 heteroatoms. The number of hydrogen-bond acceptors (Lipinski definition) is 6. The summed E-state index contributed by atoms with van der Waals surface area (Å²) in [6, 6.07) is 0. The Balaban J connectivity index is 3.68. The van der Waals surface area contributed by atoms with Crippen LogP contribution >= 0.6 is 0 Å². The minimum absolute atomic E-state index is 0.330. The molecule has 0 bridgehead atoms. The molecule has 138 valence electrons. The van der Waals surface area contributed by atoms with Gasteiger partial charge in [0.2, 0.25) is 0 Å². The quantitative estimate of drug-likeness (QED) is 0.208. The Bertz CT molecular complexity index is 389. The van der Waals surface area contributed by atoms with Gasteiger partial charge in [0.15, 0.2) is 6.61 Å². The first kappa shape index (κ1) is 22.1. The van der Waals surface area contributed by atoms with Crippen LogP contribution in [0.15, 0.2) is 12.2 Å². The lowest BCUT2D eigenvalue weighted by Gasteiger charge is -2.04. The summed E-state index contributed by atoms with van der Waals surface area (Å²) in [5.41, 5.74) is 0. The maximum Gasteiger partial charge on any atom is 0.344 e. The van der Waals surface area contributed by atoms with Crippen molar-refractivity contribution in [3.8, 4) is 0 Å². The van der Waals surface area contributed by atoms with Gasteiger partial charge in [0.1, 0.15) is 0 Å². The molecule has 0 aliphatic carbocycles. The van der Waals surface area contributed by atoms with Crippen molar-refractivity contribution < 1.29 is 28.6 Å². The van der Waals surface area contributed by atoms with Gasteiger partial charge in [-0.3, -0.25) is 0 Å². The number of ether oxygens (including phenoxy) is 3. The fourth-order valence-electron chi connectivity index (χ4n) is 1.82. The zero-order chi connectivity index (χ0) is 18.0. The summed E-state index contributed by atoms with van der Waals surface area (Å²) in [5, 5.41) is 0. The maximum absolute atomic E-state index is 11.4. The van der Waals surface area contributed by atoms with Gasteiger partial charge in [-0.1, -0.05) is 52.4 Å². The molecule has 0 aromatic rings. The summed E-state index contributed by atoms with van der Waals surface area (Å²) in [7, 11) is 0. The minimum Gasteiger partial charge on any atom is -0.463 e. The Labute approximate surface area is 144 Å². The van der Waals surface area contributed by atoms with Crippen LogP contribution in [-0.2, 0) is 28.6 Å². The van der Waals surface area contributed by atoms with Crippen LogP contribution in [0.1, 0.15) is 65.2 Å². The third-order valence-corrected chi connectivity index (χ3v) is 3.19. The molecule has 0 atom stereocenters. The molecule has 0 aliphatic rings. The lowest BCUT2D eigenvalue weighted by atomic mass is 10.2. The molecule has 0 spiro atoms. The normalized spacial score (nSPS) is 10.6. The molecule has 0 N–H and O–H groups in total. The third-order valence-electron chi connectivity index (χ3n) is 3.19.